The standard InChI is InChI=1S/C23H26N10/c1-15-16(12-24)22(32-10-6-3-7-11-32)29-21(25-2)20(15)30-31-23-17(18-14-27-18)13-28-33(23)19-8-4-5-9-26-19/h4-5,8-9,13,18,27H,3,6-7,10-11,14H2,1-2H3,(H,25,29)/b31-30+/t18-/m1/s1. The second-order valence-electron chi connectivity index (χ2n) is 8.23. The summed E-state index contributed by atoms with van der Waals surface area (Å²) in [4.78, 5) is 11.4. The average molecular weight is 443 g/mol. The molecule has 33 heavy (non-hydrogen) atoms. The molecule has 2 aliphatic heterocycles. The lowest BCUT2D eigenvalue weighted by Gasteiger charge is -2.29. The molecule has 0 saturated carbocycles. The first kappa shape index (κ1) is 21.0. The molecule has 10 nitrogen and oxygen atoms in total. The first-order chi connectivity index (χ1) is 16.2. The first-order valence-corrected chi connectivity index (χ1v) is 11.2. The van der Waals surface area contributed by atoms with Gasteiger partial charge >= 0.3 is 0 Å². The monoisotopic (exact) mass is 442 g/mol. The molecule has 10 heteroatoms. The van der Waals surface area contributed by atoms with E-state index in [1.54, 1.807) is 17.1 Å². The molecule has 0 amide bonds. The Morgan fingerprint density at radius 3 is 2.70 bits per heavy atom. The normalized spacial score (nSPS) is 17.8. The van der Waals surface area contributed by atoms with Gasteiger partial charge in [-0.1, -0.05) is 6.07 Å². The van der Waals surface area contributed by atoms with Crippen LogP contribution >= 0.6 is 0 Å². The van der Waals surface area contributed by atoms with E-state index in [2.05, 4.69) is 41.9 Å². The summed E-state index contributed by atoms with van der Waals surface area (Å²) in [5, 5.41) is 30.1. The van der Waals surface area contributed by atoms with E-state index in [1.165, 1.54) is 6.42 Å². The molecule has 3 aromatic rings. The van der Waals surface area contributed by atoms with Crippen LogP contribution < -0.4 is 15.5 Å². The Morgan fingerprint density at radius 2 is 2.03 bits per heavy atom. The smallest absolute Gasteiger partial charge is 0.184 e. The summed E-state index contributed by atoms with van der Waals surface area (Å²) < 4.78 is 1.69. The fourth-order valence-corrected chi connectivity index (χ4v) is 4.17. The van der Waals surface area contributed by atoms with Gasteiger partial charge in [-0.25, -0.2) is 9.97 Å². The quantitative estimate of drug-likeness (QED) is 0.437. The fraction of sp³-hybridized carbons (Fsp3) is 0.391. The molecule has 5 rings (SSSR count). The van der Waals surface area contributed by atoms with Crippen LogP contribution in [-0.2, 0) is 0 Å². The lowest BCUT2D eigenvalue weighted by molar-refractivity contribution is 0.573. The predicted molar refractivity (Wildman–Crippen MR) is 126 cm³/mol. The zero-order valence-electron chi connectivity index (χ0n) is 18.8. The molecule has 2 aliphatic rings. The number of anilines is 2. The lowest BCUT2D eigenvalue weighted by atomic mass is 10.1. The molecule has 1 atom stereocenters. The zero-order chi connectivity index (χ0) is 22.8. The Hall–Kier alpha value is -3.84. The second-order valence-corrected chi connectivity index (χ2v) is 8.23. The summed E-state index contributed by atoms with van der Waals surface area (Å²) in [6, 6.07) is 8.20. The van der Waals surface area contributed by atoms with Gasteiger partial charge in [0.1, 0.15) is 17.6 Å². The minimum Gasteiger partial charge on any atom is -0.371 e. The van der Waals surface area contributed by atoms with Crippen molar-refractivity contribution in [1.29, 1.82) is 5.26 Å². The molecule has 0 bridgehead atoms. The fourth-order valence-electron chi connectivity index (χ4n) is 4.17. The van der Waals surface area contributed by atoms with Crippen LogP contribution in [-0.4, -0.2) is 46.4 Å². The van der Waals surface area contributed by atoms with Crippen LogP contribution in [0.1, 0.15) is 42.0 Å². The molecule has 168 valence electrons. The van der Waals surface area contributed by atoms with Gasteiger partial charge in [0.15, 0.2) is 17.5 Å². The lowest BCUT2D eigenvalue weighted by Crippen LogP contribution is -2.31. The van der Waals surface area contributed by atoms with Gasteiger partial charge in [-0.15, -0.1) is 10.2 Å². The Bertz CT molecular complexity index is 1210. The highest BCUT2D eigenvalue weighted by Gasteiger charge is 2.29. The van der Waals surface area contributed by atoms with E-state index in [1.807, 2.05) is 32.2 Å². The first-order valence-electron chi connectivity index (χ1n) is 11.2. The van der Waals surface area contributed by atoms with E-state index in [-0.39, 0.29) is 6.04 Å². The highest BCUT2D eigenvalue weighted by molar-refractivity contribution is 5.74. The highest BCUT2D eigenvalue weighted by Crippen LogP contribution is 2.38. The number of nitrogens with zero attached hydrogens (tertiary/aromatic N) is 8. The van der Waals surface area contributed by atoms with Crippen molar-refractivity contribution in [2.45, 2.75) is 32.2 Å². The highest BCUT2D eigenvalue weighted by atomic mass is 15.4. The molecule has 0 unspecified atom stereocenters. The summed E-state index contributed by atoms with van der Waals surface area (Å²) in [6.07, 6.45) is 6.95. The third-order valence-electron chi connectivity index (χ3n) is 6.07. The van der Waals surface area contributed by atoms with E-state index in [0.29, 0.717) is 28.7 Å². The molecule has 0 aliphatic carbocycles. The van der Waals surface area contributed by atoms with Crippen molar-refractivity contribution in [2.24, 2.45) is 10.2 Å². The third-order valence-corrected chi connectivity index (χ3v) is 6.07. The number of hydrogen-bond donors (Lipinski definition) is 2. The largest absolute Gasteiger partial charge is 0.371 e. The van der Waals surface area contributed by atoms with Crippen LogP contribution in [0.3, 0.4) is 0 Å². The average Bonchev–Trinajstić information content (AvgIpc) is 3.63. The predicted octanol–water partition coefficient (Wildman–Crippen LogP) is 3.93. The van der Waals surface area contributed by atoms with E-state index < -0.39 is 0 Å². The van der Waals surface area contributed by atoms with E-state index in [9.17, 15) is 5.26 Å². The number of nitrogens with one attached hydrogen (secondary N) is 2. The van der Waals surface area contributed by atoms with Crippen molar-refractivity contribution in [1.82, 2.24) is 25.1 Å². The number of hydrogen-bond acceptors (Lipinski definition) is 9. The molecular weight excluding hydrogens is 416 g/mol. The van der Waals surface area contributed by atoms with Gasteiger partial charge in [-0.3, -0.25) is 0 Å². The molecule has 5 heterocycles. The van der Waals surface area contributed by atoms with Crippen molar-refractivity contribution in [3.05, 3.63) is 47.3 Å². The summed E-state index contributed by atoms with van der Waals surface area (Å²) in [7, 11) is 1.81. The second kappa shape index (κ2) is 8.96. The maximum absolute atomic E-state index is 9.95. The van der Waals surface area contributed by atoms with E-state index in [0.717, 1.165) is 49.4 Å². The Kier molecular flexibility index (Phi) is 5.71. The SMILES string of the molecule is CNc1nc(N2CCCCC2)c(C#N)c(C)c1/N=N/c1c([C@H]2CN2)cnn1-c1ccccn1. The molecule has 0 aromatic carbocycles. The van der Waals surface area contributed by atoms with Crippen LogP contribution in [0, 0.1) is 18.3 Å². The topological polar surface area (TPSA) is 129 Å². The summed E-state index contributed by atoms with van der Waals surface area (Å²) in [5.41, 5.74) is 2.83. The molecule has 0 spiro atoms. The van der Waals surface area contributed by atoms with Crippen molar-refractivity contribution in [3.8, 4) is 11.9 Å². The Balaban J connectivity index is 1.58. The number of nitriles is 1. The van der Waals surface area contributed by atoms with Gasteiger partial charge in [0, 0.05) is 44.0 Å². The maximum atomic E-state index is 9.95. The van der Waals surface area contributed by atoms with Gasteiger partial charge in [0.05, 0.1) is 17.8 Å². The van der Waals surface area contributed by atoms with Crippen molar-refractivity contribution in [3.63, 3.8) is 0 Å². The van der Waals surface area contributed by atoms with Crippen molar-refractivity contribution < 1.29 is 0 Å². The number of pyridine rings is 2. The van der Waals surface area contributed by atoms with Gasteiger partial charge in [-0.2, -0.15) is 15.0 Å². The summed E-state index contributed by atoms with van der Waals surface area (Å²) >= 11 is 0. The van der Waals surface area contributed by atoms with Crippen LogP contribution in [0.5, 0.6) is 0 Å². The summed E-state index contributed by atoms with van der Waals surface area (Å²) in [6.45, 7) is 4.60. The Labute approximate surface area is 192 Å². The van der Waals surface area contributed by atoms with E-state index in [4.69, 9.17) is 4.98 Å². The molecule has 2 fully saturated rings. The third kappa shape index (κ3) is 4.03. The maximum Gasteiger partial charge on any atom is 0.184 e. The number of piperidine rings is 1. The minimum absolute atomic E-state index is 0.204. The molecule has 2 N–H and O–H groups in total. The van der Waals surface area contributed by atoms with Gasteiger partial charge < -0.3 is 15.5 Å². The molecule has 2 saturated heterocycles. The molecule has 0 radical (unpaired) electrons. The van der Waals surface area contributed by atoms with Gasteiger partial charge in [-0.05, 0) is 38.3 Å². The van der Waals surface area contributed by atoms with Crippen LogP contribution in [0.15, 0.2) is 40.8 Å². The van der Waals surface area contributed by atoms with Gasteiger partial charge in [0.2, 0.25) is 0 Å². The molecular formula is C23H26N10. The summed E-state index contributed by atoms with van der Waals surface area (Å²) in [5.74, 6) is 2.61. The van der Waals surface area contributed by atoms with Crippen LogP contribution in [0.4, 0.5) is 23.1 Å². The van der Waals surface area contributed by atoms with Crippen molar-refractivity contribution >= 4 is 23.1 Å². The number of rotatable bonds is 6. The molecule has 3 aromatic heterocycles. The van der Waals surface area contributed by atoms with Crippen LogP contribution in [0.25, 0.3) is 5.82 Å². The Morgan fingerprint density at radius 1 is 1.21 bits per heavy atom. The van der Waals surface area contributed by atoms with Crippen LogP contribution in [0.2, 0.25) is 0 Å². The number of aromatic nitrogens is 4. The number of azo groups is 1. The van der Waals surface area contributed by atoms with Crippen molar-refractivity contribution in [2.75, 3.05) is 36.9 Å². The zero-order valence-corrected chi connectivity index (χ0v) is 18.8. The minimum atomic E-state index is 0.204. The van der Waals surface area contributed by atoms with Gasteiger partial charge in [0.25, 0.3) is 0 Å². The van der Waals surface area contributed by atoms with E-state index >= 15 is 0 Å².